The maximum atomic E-state index is 14.9. The van der Waals surface area contributed by atoms with Crippen LogP contribution in [0.15, 0.2) is 41.4 Å². The first-order valence-electron chi connectivity index (χ1n) is 14.3. The van der Waals surface area contributed by atoms with E-state index in [0.29, 0.717) is 37.3 Å². The van der Waals surface area contributed by atoms with Gasteiger partial charge in [-0.1, -0.05) is 55.2 Å². The number of carbonyl (C=O) groups is 1. The van der Waals surface area contributed by atoms with Crippen molar-refractivity contribution in [1.82, 2.24) is 19.4 Å². The molecule has 2 aromatic heterocycles. The lowest BCUT2D eigenvalue weighted by Gasteiger charge is -2.38. The highest BCUT2D eigenvalue weighted by atomic mass is 35.5. The Morgan fingerprint density at radius 1 is 1.17 bits per heavy atom. The molecule has 1 unspecified atom stereocenters. The van der Waals surface area contributed by atoms with Gasteiger partial charge >= 0.3 is 0 Å². The number of halogens is 5. The average molecular weight is 689 g/mol. The number of rotatable bonds is 5. The number of nitrogens with zero attached hydrogens (tertiary/aromatic N) is 6. The van der Waals surface area contributed by atoms with Crippen molar-refractivity contribution in [2.75, 3.05) is 43.9 Å². The first-order chi connectivity index (χ1) is 21.7. The lowest BCUT2D eigenvalue weighted by atomic mass is 9.93. The van der Waals surface area contributed by atoms with Crippen LogP contribution in [0.4, 0.5) is 20.2 Å². The molecular formula is C32H30Cl3F2N7O2. The highest BCUT2D eigenvalue weighted by Crippen LogP contribution is 2.45. The Morgan fingerprint density at radius 3 is 2.41 bits per heavy atom. The number of likely N-dealkylation sites (N-methyl/N-ethyl adjacent to an activating group) is 1. The molecule has 2 aliphatic heterocycles. The number of nitrogen functional groups attached to an aromatic ring is 1. The Morgan fingerprint density at radius 2 is 1.83 bits per heavy atom. The van der Waals surface area contributed by atoms with Gasteiger partial charge in [-0.2, -0.15) is 5.26 Å². The van der Waals surface area contributed by atoms with Crippen molar-refractivity contribution in [2.24, 2.45) is 5.92 Å². The number of carbonyl (C=O) groups excluding carboxylic acids is 1. The zero-order chi connectivity index (χ0) is 33.8. The summed E-state index contributed by atoms with van der Waals surface area (Å²) in [6, 6.07) is 3.29. The van der Waals surface area contributed by atoms with E-state index in [1.807, 2.05) is 49.9 Å². The smallest absolute Gasteiger partial charge is 0.276 e. The van der Waals surface area contributed by atoms with Crippen LogP contribution in [0.1, 0.15) is 26.3 Å². The van der Waals surface area contributed by atoms with Crippen molar-refractivity contribution in [3.8, 4) is 17.3 Å². The summed E-state index contributed by atoms with van der Waals surface area (Å²) in [5.74, 6) is -3.07. The maximum Gasteiger partial charge on any atom is 0.276 e. The molecule has 3 aromatic rings. The molecule has 5 rings (SSSR count). The van der Waals surface area contributed by atoms with Crippen molar-refractivity contribution < 1.29 is 13.6 Å². The van der Waals surface area contributed by atoms with Crippen molar-refractivity contribution in [1.29, 1.82) is 5.26 Å². The summed E-state index contributed by atoms with van der Waals surface area (Å²) in [5.41, 5.74) is 5.62. The number of hydrogen-bond donors (Lipinski definition) is 1. The van der Waals surface area contributed by atoms with Crippen molar-refractivity contribution in [3.63, 3.8) is 0 Å². The number of piperazine rings is 1. The number of pyridine rings is 2. The van der Waals surface area contributed by atoms with E-state index in [1.165, 1.54) is 16.7 Å². The molecule has 2 N–H and O–H groups in total. The fourth-order valence-corrected chi connectivity index (χ4v) is 6.99. The van der Waals surface area contributed by atoms with Gasteiger partial charge in [-0.15, -0.1) is 0 Å². The van der Waals surface area contributed by atoms with Gasteiger partial charge in [-0.3, -0.25) is 14.2 Å². The third-order valence-electron chi connectivity index (χ3n) is 8.36. The minimum Gasteiger partial charge on any atom is -0.395 e. The van der Waals surface area contributed by atoms with Gasteiger partial charge in [-0.25, -0.2) is 13.8 Å². The van der Waals surface area contributed by atoms with E-state index in [-0.39, 0.29) is 51.0 Å². The molecule has 0 saturated carbocycles. The second-order valence-corrected chi connectivity index (χ2v) is 12.6. The molecule has 0 radical (unpaired) electrons. The van der Waals surface area contributed by atoms with Gasteiger partial charge in [0.15, 0.2) is 11.6 Å². The van der Waals surface area contributed by atoms with Gasteiger partial charge in [0.25, 0.3) is 5.56 Å². The fourth-order valence-electron chi connectivity index (χ4n) is 6.16. The normalized spacial score (nSPS) is 16.9. The zero-order valence-electron chi connectivity index (χ0n) is 25.5. The van der Waals surface area contributed by atoms with Crippen LogP contribution in [0, 0.1) is 28.9 Å². The fraction of sp³-hybridized carbons (Fsp3) is 0.312. The molecule has 1 fully saturated rings. The van der Waals surface area contributed by atoms with Crippen LogP contribution in [0.3, 0.4) is 0 Å². The van der Waals surface area contributed by atoms with E-state index in [1.54, 1.807) is 4.90 Å². The molecule has 2 aliphatic rings. The van der Waals surface area contributed by atoms with Crippen LogP contribution < -0.4 is 16.2 Å². The van der Waals surface area contributed by atoms with Crippen LogP contribution >= 0.6 is 34.8 Å². The minimum absolute atomic E-state index is 0.00388. The molecule has 240 valence electrons. The molecule has 1 aromatic carbocycles. The minimum atomic E-state index is -1.43. The summed E-state index contributed by atoms with van der Waals surface area (Å²) >= 11 is 19.5. The third kappa shape index (κ3) is 5.28. The highest BCUT2D eigenvalue weighted by Gasteiger charge is 2.34. The molecule has 1 amide bonds. The molecule has 14 heteroatoms. The quantitative estimate of drug-likeness (QED) is 0.145. The Labute approximate surface area is 279 Å². The Balaban J connectivity index is 1.91. The van der Waals surface area contributed by atoms with Gasteiger partial charge in [0.1, 0.15) is 17.3 Å². The molecule has 9 nitrogen and oxygen atoms in total. The van der Waals surface area contributed by atoms with Crippen LogP contribution in [0.25, 0.3) is 28.0 Å². The van der Waals surface area contributed by atoms with Gasteiger partial charge < -0.3 is 20.4 Å². The SMILES string of the molecule is C=CC(=O)N1CCN(c2c(C#N)c(=O)n(C3=C(C)C=CN(C)C3C(C)C)c3nc(-c4c(Cl)c(N)c(F)c(F)c4Cl)c(Cl)cc23)CC1. The predicted octanol–water partition coefficient (Wildman–Crippen LogP) is 6.31. The second-order valence-electron chi connectivity index (χ2n) is 11.5. The van der Waals surface area contributed by atoms with Gasteiger partial charge in [0, 0.05) is 44.2 Å². The van der Waals surface area contributed by atoms with Crippen LogP contribution in [0.5, 0.6) is 0 Å². The molecule has 0 spiro atoms. The predicted molar refractivity (Wildman–Crippen MR) is 179 cm³/mol. The second kappa shape index (κ2) is 12.6. The molecule has 46 heavy (non-hydrogen) atoms. The number of nitrogens with two attached hydrogens (primary N) is 1. The third-order valence-corrected chi connectivity index (χ3v) is 9.40. The first-order valence-corrected chi connectivity index (χ1v) is 15.5. The first kappa shape index (κ1) is 33.3. The number of aromatic nitrogens is 2. The topological polar surface area (TPSA) is 111 Å². The molecule has 1 saturated heterocycles. The zero-order valence-corrected chi connectivity index (χ0v) is 27.7. The van der Waals surface area contributed by atoms with E-state index in [4.69, 9.17) is 45.5 Å². The summed E-state index contributed by atoms with van der Waals surface area (Å²) in [4.78, 5) is 37.0. The number of hydrogen-bond acceptors (Lipinski definition) is 7. The highest BCUT2D eigenvalue weighted by molar-refractivity contribution is 6.42. The molecule has 0 aliphatic carbocycles. The average Bonchev–Trinajstić information content (AvgIpc) is 3.03. The number of allylic oxidation sites excluding steroid dienone is 2. The van der Waals surface area contributed by atoms with Gasteiger partial charge in [0.2, 0.25) is 5.91 Å². The number of amides is 1. The number of fused-ring (bicyclic) bond motifs is 1. The lowest BCUT2D eigenvalue weighted by Crippen LogP contribution is -2.49. The Bertz CT molecular complexity index is 1950. The van der Waals surface area contributed by atoms with Crippen LogP contribution in [-0.2, 0) is 4.79 Å². The maximum absolute atomic E-state index is 14.9. The standard InChI is InChI=1S/C32H30Cl3F2N7O2/c1-6-20(45)42-9-11-43(12-10-42)30-17-13-19(33)27(21-22(34)24(36)25(37)26(39)23(21)35)40-31(17)44(32(46)18(30)14-38)29-16(4)7-8-41(5)28(29)15(2)3/h6-8,13,15,28H,1,9-12,39H2,2-5H3. The number of benzene rings is 1. The summed E-state index contributed by atoms with van der Waals surface area (Å²) in [7, 11) is 1.88. The monoisotopic (exact) mass is 687 g/mol. The lowest BCUT2D eigenvalue weighted by molar-refractivity contribution is -0.126. The molecular weight excluding hydrogens is 659 g/mol. The summed E-state index contributed by atoms with van der Waals surface area (Å²) in [6.45, 7) is 10.6. The van der Waals surface area contributed by atoms with Gasteiger partial charge in [-0.05, 0) is 42.8 Å². The van der Waals surface area contributed by atoms with Crippen LogP contribution in [-0.4, -0.2) is 64.5 Å². The summed E-state index contributed by atoms with van der Waals surface area (Å²) < 4.78 is 30.7. The van der Waals surface area contributed by atoms with E-state index in [2.05, 4.69) is 12.6 Å². The molecule has 1 atom stereocenters. The van der Waals surface area contributed by atoms with E-state index in [0.717, 1.165) is 5.57 Å². The van der Waals surface area contributed by atoms with E-state index < -0.39 is 32.9 Å². The van der Waals surface area contributed by atoms with Gasteiger partial charge in [0.05, 0.1) is 43.9 Å². The Hall–Kier alpha value is -4.11. The van der Waals surface area contributed by atoms with Crippen molar-refractivity contribution in [2.45, 2.75) is 26.8 Å². The summed E-state index contributed by atoms with van der Waals surface area (Å²) in [6.07, 6.45) is 4.98. The number of anilines is 2. The van der Waals surface area contributed by atoms with E-state index in [9.17, 15) is 23.6 Å². The largest absolute Gasteiger partial charge is 0.395 e. The molecule has 0 bridgehead atoms. The van der Waals surface area contributed by atoms with Crippen molar-refractivity contribution in [3.05, 3.63) is 79.2 Å². The molecule has 4 heterocycles. The Kier molecular flexibility index (Phi) is 9.10. The number of nitriles is 1. The van der Waals surface area contributed by atoms with Crippen molar-refractivity contribution >= 4 is 68.8 Å². The summed E-state index contributed by atoms with van der Waals surface area (Å²) in [5, 5.41) is 9.64. The van der Waals surface area contributed by atoms with E-state index >= 15 is 0 Å². The van der Waals surface area contributed by atoms with Crippen LogP contribution in [0.2, 0.25) is 15.1 Å².